The van der Waals surface area contributed by atoms with Gasteiger partial charge in [0.15, 0.2) is 0 Å². The van der Waals surface area contributed by atoms with E-state index in [9.17, 15) is 0 Å². The lowest BCUT2D eigenvalue weighted by molar-refractivity contribution is 0.583. The first-order valence-corrected chi connectivity index (χ1v) is 6.98. The smallest absolute Gasteiger partial charge is 0.142 e. The maximum atomic E-state index is 5.88. The van der Waals surface area contributed by atoms with E-state index >= 15 is 0 Å². The Bertz CT molecular complexity index is 392. The van der Waals surface area contributed by atoms with E-state index in [1.807, 2.05) is 24.3 Å². The van der Waals surface area contributed by atoms with Crippen LogP contribution in [0, 0.1) is 0 Å². The summed E-state index contributed by atoms with van der Waals surface area (Å²) in [5, 5.41) is 0.726. The van der Waals surface area contributed by atoms with Gasteiger partial charge in [0.1, 0.15) is 5.84 Å². The zero-order chi connectivity index (χ0) is 12.8. The van der Waals surface area contributed by atoms with Crippen LogP contribution in [0.3, 0.4) is 0 Å². The van der Waals surface area contributed by atoms with Gasteiger partial charge in [0, 0.05) is 10.6 Å². The van der Waals surface area contributed by atoms with E-state index in [1.165, 1.54) is 38.5 Å². The van der Waals surface area contributed by atoms with Crippen molar-refractivity contribution in [2.75, 3.05) is 0 Å². The first kappa shape index (κ1) is 13.4. The van der Waals surface area contributed by atoms with Crippen LogP contribution in [0.25, 0.3) is 0 Å². The molecule has 3 nitrogen and oxygen atoms in total. The number of benzene rings is 1. The number of nitrogens with two attached hydrogens (primary N) is 1. The molecule has 1 fully saturated rings. The predicted octanol–water partition coefficient (Wildman–Crippen LogP) is 3.27. The first-order valence-electron chi connectivity index (χ1n) is 6.60. The van der Waals surface area contributed by atoms with Crippen molar-refractivity contribution in [1.82, 2.24) is 5.43 Å². The highest BCUT2D eigenvalue weighted by Crippen LogP contribution is 2.20. The monoisotopic (exact) mass is 265 g/mol. The summed E-state index contributed by atoms with van der Waals surface area (Å²) in [4.78, 5) is 4.75. The molecule has 0 radical (unpaired) electrons. The fourth-order valence-corrected chi connectivity index (χ4v) is 2.50. The SMILES string of the molecule is NNC(=NC1CCCCCC1)c1ccc(Cl)cc1. The molecule has 3 N–H and O–H groups in total. The molecule has 0 heterocycles. The second-order valence-electron chi connectivity index (χ2n) is 4.77. The maximum absolute atomic E-state index is 5.88. The van der Waals surface area contributed by atoms with Crippen molar-refractivity contribution in [3.63, 3.8) is 0 Å². The van der Waals surface area contributed by atoms with Gasteiger partial charge in [-0.3, -0.25) is 4.99 Å². The standard InChI is InChI=1S/C14H20ClN3/c15-12-9-7-11(8-10-12)14(18-16)17-13-5-3-1-2-4-6-13/h7-10,13H,1-6,16H2,(H,17,18). The average Bonchev–Trinajstić information content (AvgIpc) is 2.66. The molecular weight excluding hydrogens is 246 g/mol. The van der Waals surface area contributed by atoms with Crippen LogP contribution in [0.1, 0.15) is 44.1 Å². The number of rotatable bonds is 2. The van der Waals surface area contributed by atoms with Crippen LogP contribution in [-0.2, 0) is 0 Å². The van der Waals surface area contributed by atoms with Gasteiger partial charge in [0.25, 0.3) is 0 Å². The van der Waals surface area contributed by atoms with Crippen LogP contribution >= 0.6 is 11.6 Å². The summed E-state index contributed by atoms with van der Waals surface area (Å²) in [6.45, 7) is 0. The topological polar surface area (TPSA) is 50.4 Å². The Morgan fingerprint density at radius 2 is 1.72 bits per heavy atom. The molecule has 98 valence electrons. The second-order valence-corrected chi connectivity index (χ2v) is 5.21. The molecular formula is C14H20ClN3. The van der Waals surface area contributed by atoms with E-state index in [0.29, 0.717) is 6.04 Å². The lowest BCUT2D eigenvalue weighted by Gasteiger charge is -2.12. The molecule has 4 heteroatoms. The fraction of sp³-hybridized carbons (Fsp3) is 0.500. The Kier molecular flexibility index (Phi) is 5.02. The van der Waals surface area contributed by atoms with Gasteiger partial charge in [0.2, 0.25) is 0 Å². The average molecular weight is 266 g/mol. The van der Waals surface area contributed by atoms with Crippen LogP contribution in [0.4, 0.5) is 0 Å². The third-order valence-electron chi connectivity index (χ3n) is 3.39. The molecule has 0 saturated heterocycles. The number of aliphatic imine (C=N–C) groups is 1. The summed E-state index contributed by atoms with van der Waals surface area (Å²) in [6, 6.07) is 8.00. The summed E-state index contributed by atoms with van der Waals surface area (Å²) < 4.78 is 0. The van der Waals surface area contributed by atoms with E-state index in [1.54, 1.807) is 0 Å². The molecule has 1 aliphatic carbocycles. The minimum atomic E-state index is 0.397. The lowest BCUT2D eigenvalue weighted by atomic mass is 10.1. The molecule has 1 aromatic carbocycles. The minimum absolute atomic E-state index is 0.397. The Hall–Kier alpha value is -1.06. The van der Waals surface area contributed by atoms with Gasteiger partial charge in [-0.05, 0) is 37.1 Å². The first-order chi connectivity index (χ1) is 8.79. The summed E-state index contributed by atoms with van der Waals surface area (Å²) >= 11 is 5.88. The maximum Gasteiger partial charge on any atom is 0.142 e. The zero-order valence-corrected chi connectivity index (χ0v) is 11.3. The van der Waals surface area contributed by atoms with Crippen molar-refractivity contribution in [3.8, 4) is 0 Å². The minimum Gasteiger partial charge on any atom is -0.308 e. The molecule has 1 aromatic rings. The predicted molar refractivity (Wildman–Crippen MR) is 76.8 cm³/mol. The van der Waals surface area contributed by atoms with Gasteiger partial charge in [0.05, 0.1) is 6.04 Å². The van der Waals surface area contributed by atoms with E-state index in [0.717, 1.165) is 16.4 Å². The highest BCUT2D eigenvalue weighted by molar-refractivity contribution is 6.30. The van der Waals surface area contributed by atoms with Crippen LogP contribution in [0.15, 0.2) is 29.3 Å². The van der Waals surface area contributed by atoms with Gasteiger partial charge in [-0.25, -0.2) is 5.84 Å². The summed E-state index contributed by atoms with van der Waals surface area (Å²) in [6.07, 6.45) is 7.54. The number of hydrogen-bond acceptors (Lipinski definition) is 2. The van der Waals surface area contributed by atoms with E-state index in [-0.39, 0.29) is 0 Å². The Morgan fingerprint density at radius 1 is 1.11 bits per heavy atom. The Morgan fingerprint density at radius 3 is 2.28 bits per heavy atom. The van der Waals surface area contributed by atoms with Crippen molar-refractivity contribution in [2.45, 2.75) is 44.6 Å². The van der Waals surface area contributed by atoms with Crippen molar-refractivity contribution in [2.24, 2.45) is 10.8 Å². The normalized spacial score (nSPS) is 18.4. The molecule has 2 rings (SSSR count). The molecule has 1 saturated carbocycles. The summed E-state index contributed by atoms with van der Waals surface area (Å²) in [5.74, 6) is 6.35. The quantitative estimate of drug-likeness (QED) is 0.283. The van der Waals surface area contributed by atoms with Crippen LogP contribution in [0.2, 0.25) is 5.02 Å². The zero-order valence-electron chi connectivity index (χ0n) is 10.5. The fourth-order valence-electron chi connectivity index (χ4n) is 2.37. The number of nitrogens with one attached hydrogen (secondary N) is 1. The van der Waals surface area contributed by atoms with Crippen LogP contribution < -0.4 is 11.3 Å². The highest BCUT2D eigenvalue weighted by atomic mass is 35.5. The van der Waals surface area contributed by atoms with Gasteiger partial charge >= 0.3 is 0 Å². The third-order valence-corrected chi connectivity index (χ3v) is 3.64. The van der Waals surface area contributed by atoms with Crippen LogP contribution in [-0.4, -0.2) is 11.9 Å². The molecule has 0 aromatic heterocycles. The van der Waals surface area contributed by atoms with Crippen molar-refractivity contribution in [1.29, 1.82) is 0 Å². The Balaban J connectivity index is 2.13. The Labute approximate surface area is 113 Å². The van der Waals surface area contributed by atoms with Crippen LogP contribution in [0.5, 0.6) is 0 Å². The molecule has 0 atom stereocenters. The molecule has 0 unspecified atom stereocenters. The lowest BCUT2D eigenvalue weighted by Crippen LogP contribution is -2.32. The van der Waals surface area contributed by atoms with Crippen molar-refractivity contribution < 1.29 is 0 Å². The van der Waals surface area contributed by atoms with Gasteiger partial charge in [-0.2, -0.15) is 0 Å². The second kappa shape index (κ2) is 6.76. The number of hydrazine groups is 1. The molecule has 18 heavy (non-hydrogen) atoms. The van der Waals surface area contributed by atoms with E-state index in [4.69, 9.17) is 22.4 Å². The van der Waals surface area contributed by atoms with Gasteiger partial charge in [-0.1, -0.05) is 37.3 Å². The molecule has 0 bridgehead atoms. The van der Waals surface area contributed by atoms with Crippen molar-refractivity contribution in [3.05, 3.63) is 34.9 Å². The molecule has 1 aliphatic rings. The number of halogens is 1. The third kappa shape index (κ3) is 3.72. The number of nitrogens with zero attached hydrogens (tertiary/aromatic N) is 1. The largest absolute Gasteiger partial charge is 0.308 e. The van der Waals surface area contributed by atoms with Crippen molar-refractivity contribution >= 4 is 17.4 Å². The molecule has 0 aliphatic heterocycles. The summed E-state index contributed by atoms with van der Waals surface area (Å²) in [7, 11) is 0. The summed E-state index contributed by atoms with van der Waals surface area (Å²) in [5.41, 5.74) is 3.70. The van der Waals surface area contributed by atoms with Gasteiger partial charge < -0.3 is 5.43 Å². The molecule has 0 amide bonds. The van der Waals surface area contributed by atoms with E-state index in [2.05, 4.69) is 5.43 Å². The number of amidine groups is 1. The number of hydrogen-bond donors (Lipinski definition) is 2. The van der Waals surface area contributed by atoms with E-state index < -0.39 is 0 Å². The van der Waals surface area contributed by atoms with Gasteiger partial charge in [-0.15, -0.1) is 0 Å². The molecule has 0 spiro atoms. The highest BCUT2D eigenvalue weighted by Gasteiger charge is 2.12.